The van der Waals surface area contributed by atoms with Gasteiger partial charge in [-0.1, -0.05) is 30.9 Å². The maximum Gasteiger partial charge on any atom is 0.117 e. The van der Waals surface area contributed by atoms with E-state index >= 15 is 0 Å². The van der Waals surface area contributed by atoms with E-state index in [9.17, 15) is 5.11 Å². The van der Waals surface area contributed by atoms with Crippen LogP contribution >= 0.6 is 11.9 Å². The lowest BCUT2D eigenvalue weighted by molar-refractivity contribution is 0.399. The van der Waals surface area contributed by atoms with E-state index in [1.165, 1.54) is 17.2 Å². The molecule has 5 N–H and O–H groups in total. The van der Waals surface area contributed by atoms with Gasteiger partial charge < -0.3 is 15.9 Å². The van der Waals surface area contributed by atoms with Crippen molar-refractivity contribution >= 4 is 23.7 Å². The fourth-order valence-corrected chi connectivity index (χ4v) is 3.52. The Morgan fingerprint density at radius 1 is 1.09 bits per heavy atom. The summed E-state index contributed by atoms with van der Waals surface area (Å²) in [5.74, 6) is 6.30. The molecule has 0 aliphatic heterocycles. The molecular formula is C26H29N3O2S. The van der Waals surface area contributed by atoms with Crippen LogP contribution in [0.1, 0.15) is 41.3 Å². The van der Waals surface area contributed by atoms with Crippen molar-refractivity contribution in [2.24, 2.45) is 0 Å². The minimum absolute atomic E-state index is 0.141. The topological polar surface area (TPSA) is 91.4 Å². The predicted octanol–water partition coefficient (Wildman–Crippen LogP) is 4.91. The number of aryl methyl sites for hydroxylation is 1. The number of aromatic hydroxyl groups is 1. The van der Waals surface area contributed by atoms with Crippen LogP contribution in [-0.2, 0) is 6.54 Å². The summed E-state index contributed by atoms with van der Waals surface area (Å²) in [6, 6.07) is 14.9. The van der Waals surface area contributed by atoms with Gasteiger partial charge in [-0.15, -0.1) is 0 Å². The molecule has 0 bridgehead atoms. The van der Waals surface area contributed by atoms with Gasteiger partial charge >= 0.3 is 0 Å². The highest BCUT2D eigenvalue weighted by Crippen LogP contribution is 2.20. The minimum atomic E-state index is 0.141. The molecule has 0 amide bonds. The van der Waals surface area contributed by atoms with Crippen LogP contribution in [0.5, 0.6) is 5.75 Å². The predicted molar refractivity (Wildman–Crippen MR) is 134 cm³/mol. The number of anilines is 1. The van der Waals surface area contributed by atoms with E-state index in [2.05, 4.69) is 46.7 Å². The first kappa shape index (κ1) is 25.0. The second kappa shape index (κ2) is 13.2. The zero-order valence-electron chi connectivity index (χ0n) is 18.6. The molecule has 0 aliphatic rings. The van der Waals surface area contributed by atoms with Crippen LogP contribution in [-0.4, -0.2) is 22.3 Å². The van der Waals surface area contributed by atoms with Gasteiger partial charge in [0.15, 0.2) is 0 Å². The maximum atomic E-state index is 9.42. The lowest BCUT2D eigenvalue weighted by Gasteiger charge is -2.09. The molecule has 1 aromatic heterocycles. The Morgan fingerprint density at radius 2 is 1.84 bits per heavy atom. The minimum Gasteiger partial charge on any atom is -0.508 e. The maximum absolute atomic E-state index is 9.42. The summed E-state index contributed by atoms with van der Waals surface area (Å²) in [7, 11) is 1.00. The first-order chi connectivity index (χ1) is 15.6. The zero-order valence-corrected chi connectivity index (χ0v) is 19.4. The SMILES string of the molecule is CC/C=C\c1c(CNSc2ccc(C#Cc3ccc(O)cc3N)cc2)ccnc1C.CO. The smallest absolute Gasteiger partial charge is 0.117 e. The van der Waals surface area contributed by atoms with Gasteiger partial charge in [0.25, 0.3) is 0 Å². The van der Waals surface area contributed by atoms with Crippen molar-refractivity contribution in [1.29, 1.82) is 0 Å². The number of nitrogens with one attached hydrogen (secondary N) is 1. The van der Waals surface area contributed by atoms with Gasteiger partial charge in [0.1, 0.15) is 5.75 Å². The normalized spacial score (nSPS) is 10.2. The second-order valence-electron chi connectivity index (χ2n) is 6.75. The standard InChI is InChI=1S/C25H25N3OS.CH4O/c1-3-4-5-24-18(2)27-15-14-21(24)17-28-30-23-12-7-19(8-13-23)6-9-20-10-11-22(29)16-25(20)26;1-2/h4-5,7-8,10-16,28-29H,3,17,26H2,1-2H3;2H,1H3/b5-4-;. The van der Waals surface area contributed by atoms with E-state index in [4.69, 9.17) is 10.8 Å². The summed E-state index contributed by atoms with van der Waals surface area (Å²) >= 11 is 1.59. The molecule has 0 saturated heterocycles. The average molecular weight is 448 g/mol. The van der Waals surface area contributed by atoms with E-state index in [0.29, 0.717) is 11.3 Å². The second-order valence-corrected chi connectivity index (χ2v) is 7.71. The van der Waals surface area contributed by atoms with Crippen molar-refractivity contribution in [3.63, 3.8) is 0 Å². The Hall–Kier alpha value is -3.24. The number of nitrogen functional groups attached to an aromatic ring is 1. The summed E-state index contributed by atoms with van der Waals surface area (Å²) in [5.41, 5.74) is 11.4. The highest BCUT2D eigenvalue weighted by Gasteiger charge is 2.04. The van der Waals surface area contributed by atoms with Crippen molar-refractivity contribution in [3.8, 4) is 17.6 Å². The third-order valence-corrected chi connectivity index (χ3v) is 5.28. The molecule has 0 atom stereocenters. The zero-order chi connectivity index (χ0) is 23.3. The monoisotopic (exact) mass is 447 g/mol. The number of hydrogen-bond donors (Lipinski definition) is 4. The summed E-state index contributed by atoms with van der Waals surface area (Å²) in [4.78, 5) is 5.51. The average Bonchev–Trinajstić information content (AvgIpc) is 2.80. The fraction of sp³-hybridized carbons (Fsp3) is 0.192. The van der Waals surface area contributed by atoms with Gasteiger partial charge in [-0.2, -0.15) is 0 Å². The molecule has 6 heteroatoms. The lowest BCUT2D eigenvalue weighted by Crippen LogP contribution is -2.06. The molecular weight excluding hydrogens is 418 g/mol. The largest absolute Gasteiger partial charge is 0.508 e. The first-order valence-electron chi connectivity index (χ1n) is 10.2. The van der Waals surface area contributed by atoms with Crippen LogP contribution in [0.3, 0.4) is 0 Å². The Morgan fingerprint density at radius 3 is 2.53 bits per heavy atom. The van der Waals surface area contributed by atoms with Gasteiger partial charge in [0, 0.05) is 47.6 Å². The van der Waals surface area contributed by atoms with E-state index in [1.807, 2.05) is 37.4 Å². The molecule has 1 heterocycles. The number of hydrogen-bond acceptors (Lipinski definition) is 6. The number of rotatable bonds is 6. The van der Waals surface area contributed by atoms with Gasteiger partial charge in [0.2, 0.25) is 0 Å². The number of aliphatic hydroxyl groups is 1. The third-order valence-electron chi connectivity index (χ3n) is 4.48. The number of nitrogens with two attached hydrogens (primary N) is 1. The number of pyridine rings is 1. The van der Waals surface area contributed by atoms with Gasteiger partial charge in [0.05, 0.1) is 5.69 Å². The van der Waals surface area contributed by atoms with Crippen molar-refractivity contribution in [1.82, 2.24) is 9.71 Å². The number of aliphatic hydroxyl groups excluding tert-OH is 1. The van der Waals surface area contributed by atoms with Gasteiger partial charge in [-0.05, 0) is 78.9 Å². The highest BCUT2D eigenvalue weighted by molar-refractivity contribution is 7.97. The molecule has 0 aliphatic carbocycles. The van der Waals surface area contributed by atoms with E-state index in [0.717, 1.165) is 36.2 Å². The van der Waals surface area contributed by atoms with Crippen LogP contribution in [0.25, 0.3) is 6.08 Å². The first-order valence-corrected chi connectivity index (χ1v) is 11.0. The summed E-state index contributed by atoms with van der Waals surface area (Å²) < 4.78 is 3.43. The van der Waals surface area contributed by atoms with Crippen molar-refractivity contribution in [2.75, 3.05) is 12.8 Å². The number of allylic oxidation sites excluding steroid dienone is 1. The van der Waals surface area contributed by atoms with E-state index in [1.54, 1.807) is 24.1 Å². The Balaban J connectivity index is 0.00000176. The third kappa shape index (κ3) is 7.47. The number of phenolic OH excluding ortho intramolecular Hbond substituents is 1. The van der Waals surface area contributed by atoms with Crippen molar-refractivity contribution < 1.29 is 10.2 Å². The molecule has 2 aromatic carbocycles. The van der Waals surface area contributed by atoms with Crippen LogP contribution in [0.15, 0.2) is 65.7 Å². The molecule has 0 saturated carbocycles. The molecule has 5 nitrogen and oxygen atoms in total. The van der Waals surface area contributed by atoms with Crippen LogP contribution in [0.2, 0.25) is 0 Å². The fourth-order valence-electron chi connectivity index (χ4n) is 2.86. The number of benzene rings is 2. The number of aromatic nitrogens is 1. The van der Waals surface area contributed by atoms with E-state index in [-0.39, 0.29) is 5.75 Å². The van der Waals surface area contributed by atoms with Crippen LogP contribution in [0, 0.1) is 18.8 Å². The van der Waals surface area contributed by atoms with Crippen LogP contribution < -0.4 is 10.5 Å². The van der Waals surface area contributed by atoms with Crippen molar-refractivity contribution in [2.45, 2.75) is 31.7 Å². The molecule has 3 aromatic rings. The molecule has 3 rings (SSSR count). The van der Waals surface area contributed by atoms with Gasteiger partial charge in [-0.3, -0.25) is 9.71 Å². The summed E-state index contributed by atoms with van der Waals surface area (Å²) in [6.45, 7) is 4.92. The Bertz CT molecular complexity index is 1100. The Kier molecular flexibility index (Phi) is 10.3. The van der Waals surface area contributed by atoms with E-state index < -0.39 is 0 Å². The highest BCUT2D eigenvalue weighted by atomic mass is 32.2. The molecule has 0 spiro atoms. The summed E-state index contributed by atoms with van der Waals surface area (Å²) in [6.07, 6.45) is 7.17. The van der Waals surface area contributed by atoms with Crippen molar-refractivity contribution in [3.05, 3.63) is 88.8 Å². The lowest BCUT2D eigenvalue weighted by atomic mass is 10.1. The Labute approximate surface area is 194 Å². The molecule has 32 heavy (non-hydrogen) atoms. The summed E-state index contributed by atoms with van der Waals surface area (Å²) in [5, 5.41) is 16.4. The molecule has 166 valence electrons. The van der Waals surface area contributed by atoms with Gasteiger partial charge in [-0.25, -0.2) is 0 Å². The number of nitrogens with zero attached hydrogens (tertiary/aromatic N) is 1. The van der Waals surface area contributed by atoms with Crippen LogP contribution in [0.4, 0.5) is 5.69 Å². The molecule has 0 radical (unpaired) electrons. The molecule has 0 fully saturated rings. The molecule has 0 unspecified atom stereocenters. The number of phenols is 1. The quantitative estimate of drug-likeness (QED) is 0.244.